The number of hydrogen-bond acceptors (Lipinski definition) is 5. The topological polar surface area (TPSA) is 85.3 Å². The summed E-state index contributed by atoms with van der Waals surface area (Å²) in [7, 11) is 3.34. The molecule has 1 aliphatic rings. The summed E-state index contributed by atoms with van der Waals surface area (Å²) in [5, 5.41) is 8.06. The maximum absolute atomic E-state index is 13.2. The van der Waals surface area contributed by atoms with Crippen LogP contribution in [-0.4, -0.2) is 52.3 Å². The highest BCUT2D eigenvalue weighted by Gasteiger charge is 2.25. The van der Waals surface area contributed by atoms with Crippen LogP contribution in [0.5, 0.6) is 0 Å². The first-order valence-corrected chi connectivity index (χ1v) is 9.81. The fraction of sp³-hybridized carbons (Fsp3) is 0.381. The molecule has 0 radical (unpaired) electrons. The van der Waals surface area contributed by atoms with Gasteiger partial charge in [-0.25, -0.2) is 14.0 Å². The molecule has 1 saturated heterocycles. The van der Waals surface area contributed by atoms with E-state index in [1.54, 1.807) is 30.8 Å². The molecular weight excluding hydrogens is 370 g/mol. The molecule has 1 aromatic carbocycles. The third-order valence-corrected chi connectivity index (χ3v) is 5.12. The van der Waals surface area contributed by atoms with E-state index in [0.29, 0.717) is 5.76 Å². The number of aromatic nitrogens is 3. The van der Waals surface area contributed by atoms with E-state index in [9.17, 15) is 9.59 Å². The molecule has 1 aliphatic heterocycles. The predicted molar refractivity (Wildman–Crippen MR) is 108 cm³/mol. The Balaban J connectivity index is 1.70. The Kier molecular flexibility index (Phi) is 5.35. The van der Waals surface area contributed by atoms with Crippen molar-refractivity contribution in [1.82, 2.24) is 24.6 Å². The Hall–Kier alpha value is -3.13. The summed E-state index contributed by atoms with van der Waals surface area (Å²) in [4.78, 5) is 26.7. The zero-order valence-corrected chi connectivity index (χ0v) is 16.7. The number of para-hydroxylation sites is 1. The van der Waals surface area contributed by atoms with Gasteiger partial charge in [-0.05, 0) is 43.7 Å². The molecule has 0 saturated carbocycles. The van der Waals surface area contributed by atoms with Crippen molar-refractivity contribution in [3.63, 3.8) is 0 Å². The molecule has 1 atom stereocenters. The SMILES string of the molecule is CN(C)C(=O)c1ccc(Cn2nc(C3CCCNC3)n(-c3ccccc3)c2=O)o1. The molecule has 1 fully saturated rings. The molecule has 1 amide bonds. The van der Waals surface area contributed by atoms with E-state index in [0.717, 1.165) is 37.4 Å². The quantitative estimate of drug-likeness (QED) is 0.713. The lowest BCUT2D eigenvalue weighted by atomic mass is 9.99. The van der Waals surface area contributed by atoms with E-state index in [-0.39, 0.29) is 29.8 Å². The number of amides is 1. The first kappa shape index (κ1) is 19.2. The lowest BCUT2D eigenvalue weighted by Crippen LogP contribution is -2.31. The average Bonchev–Trinajstić information content (AvgIpc) is 3.34. The Bertz CT molecular complexity index is 1040. The first-order chi connectivity index (χ1) is 14.0. The van der Waals surface area contributed by atoms with E-state index in [1.165, 1.54) is 9.58 Å². The van der Waals surface area contributed by atoms with Crippen molar-refractivity contribution in [2.45, 2.75) is 25.3 Å². The largest absolute Gasteiger partial charge is 0.454 e. The van der Waals surface area contributed by atoms with Gasteiger partial charge < -0.3 is 14.6 Å². The van der Waals surface area contributed by atoms with Crippen molar-refractivity contribution < 1.29 is 9.21 Å². The van der Waals surface area contributed by atoms with Crippen LogP contribution in [-0.2, 0) is 6.54 Å². The van der Waals surface area contributed by atoms with Crippen LogP contribution in [0.15, 0.2) is 51.7 Å². The Morgan fingerprint density at radius 3 is 2.72 bits per heavy atom. The van der Waals surface area contributed by atoms with Gasteiger partial charge in [0.05, 0.1) is 5.69 Å². The Labute approximate surface area is 168 Å². The van der Waals surface area contributed by atoms with E-state index >= 15 is 0 Å². The van der Waals surface area contributed by atoms with E-state index < -0.39 is 0 Å². The lowest BCUT2D eigenvalue weighted by molar-refractivity contribution is 0.0794. The number of rotatable bonds is 5. The van der Waals surface area contributed by atoms with Gasteiger partial charge in [0.15, 0.2) is 5.76 Å². The minimum absolute atomic E-state index is 0.167. The number of carbonyl (C=O) groups excluding carboxylic acids is 1. The summed E-state index contributed by atoms with van der Waals surface area (Å²) >= 11 is 0. The smallest absolute Gasteiger partial charge is 0.351 e. The molecule has 0 spiro atoms. The number of nitrogens with zero attached hydrogens (tertiary/aromatic N) is 4. The zero-order chi connectivity index (χ0) is 20.4. The fourth-order valence-corrected chi connectivity index (χ4v) is 3.63. The lowest BCUT2D eigenvalue weighted by Gasteiger charge is -2.22. The molecule has 3 aromatic rings. The highest BCUT2D eigenvalue weighted by Crippen LogP contribution is 2.23. The highest BCUT2D eigenvalue weighted by molar-refractivity contribution is 5.91. The second-order valence-electron chi connectivity index (χ2n) is 7.48. The fourth-order valence-electron chi connectivity index (χ4n) is 3.63. The van der Waals surface area contributed by atoms with Gasteiger partial charge >= 0.3 is 5.69 Å². The number of furan rings is 1. The van der Waals surface area contributed by atoms with Crippen molar-refractivity contribution in [3.8, 4) is 5.69 Å². The first-order valence-electron chi connectivity index (χ1n) is 9.81. The van der Waals surface area contributed by atoms with Gasteiger partial charge in [-0.1, -0.05) is 18.2 Å². The molecule has 0 aliphatic carbocycles. The maximum Gasteiger partial charge on any atom is 0.351 e. The van der Waals surface area contributed by atoms with Crippen LogP contribution < -0.4 is 11.0 Å². The van der Waals surface area contributed by atoms with Crippen LogP contribution in [0.2, 0.25) is 0 Å². The van der Waals surface area contributed by atoms with Gasteiger partial charge in [0.25, 0.3) is 5.91 Å². The number of hydrogen-bond donors (Lipinski definition) is 1. The van der Waals surface area contributed by atoms with E-state index in [1.807, 2.05) is 30.3 Å². The van der Waals surface area contributed by atoms with Gasteiger partial charge in [0.1, 0.15) is 18.1 Å². The molecule has 4 rings (SSSR count). The Morgan fingerprint density at radius 1 is 1.24 bits per heavy atom. The number of nitrogens with one attached hydrogen (secondary N) is 1. The van der Waals surface area contributed by atoms with Crippen LogP contribution >= 0.6 is 0 Å². The van der Waals surface area contributed by atoms with E-state index in [2.05, 4.69) is 10.4 Å². The molecule has 152 valence electrons. The van der Waals surface area contributed by atoms with Gasteiger partial charge in [0.2, 0.25) is 0 Å². The third-order valence-electron chi connectivity index (χ3n) is 5.12. The summed E-state index contributed by atoms with van der Waals surface area (Å²) in [6.07, 6.45) is 2.03. The summed E-state index contributed by atoms with van der Waals surface area (Å²) in [6, 6.07) is 12.9. The van der Waals surface area contributed by atoms with Crippen molar-refractivity contribution in [3.05, 3.63) is 70.3 Å². The van der Waals surface area contributed by atoms with E-state index in [4.69, 9.17) is 4.42 Å². The van der Waals surface area contributed by atoms with Crippen molar-refractivity contribution in [1.29, 1.82) is 0 Å². The summed E-state index contributed by atoms with van der Waals surface area (Å²) < 4.78 is 8.76. The predicted octanol–water partition coefficient (Wildman–Crippen LogP) is 1.84. The summed E-state index contributed by atoms with van der Waals surface area (Å²) in [5.41, 5.74) is 0.584. The van der Waals surface area contributed by atoms with Crippen molar-refractivity contribution in [2.75, 3.05) is 27.2 Å². The molecule has 29 heavy (non-hydrogen) atoms. The second-order valence-corrected chi connectivity index (χ2v) is 7.48. The molecule has 1 unspecified atom stereocenters. The summed E-state index contributed by atoms with van der Waals surface area (Å²) in [6.45, 7) is 1.96. The van der Waals surface area contributed by atoms with Crippen LogP contribution in [0, 0.1) is 0 Å². The van der Waals surface area contributed by atoms with Gasteiger partial charge in [-0.2, -0.15) is 5.10 Å². The molecule has 1 N–H and O–H groups in total. The minimum atomic E-state index is -0.215. The Morgan fingerprint density at radius 2 is 2.03 bits per heavy atom. The molecule has 8 heteroatoms. The van der Waals surface area contributed by atoms with Crippen LogP contribution in [0.1, 0.15) is 40.9 Å². The van der Waals surface area contributed by atoms with Crippen molar-refractivity contribution in [2.24, 2.45) is 0 Å². The number of benzene rings is 1. The van der Waals surface area contributed by atoms with Gasteiger partial charge in [0, 0.05) is 26.6 Å². The third kappa shape index (κ3) is 3.88. The highest BCUT2D eigenvalue weighted by atomic mass is 16.4. The standard InChI is InChI=1S/C21H25N5O3/c1-24(2)20(27)18-11-10-17(29-18)14-25-21(28)26(16-8-4-3-5-9-16)19(23-25)15-7-6-12-22-13-15/h3-5,8-11,15,22H,6-7,12-14H2,1-2H3. The minimum Gasteiger partial charge on any atom is -0.454 e. The second kappa shape index (κ2) is 8.08. The van der Waals surface area contributed by atoms with Crippen LogP contribution in [0.3, 0.4) is 0 Å². The number of piperidine rings is 1. The average molecular weight is 395 g/mol. The molecule has 0 bridgehead atoms. The molecular formula is C21H25N5O3. The maximum atomic E-state index is 13.2. The van der Waals surface area contributed by atoms with Gasteiger partial charge in [-0.15, -0.1) is 0 Å². The monoisotopic (exact) mass is 395 g/mol. The van der Waals surface area contributed by atoms with Crippen LogP contribution in [0.25, 0.3) is 5.69 Å². The molecule has 3 heterocycles. The number of carbonyl (C=O) groups is 1. The molecule has 8 nitrogen and oxygen atoms in total. The zero-order valence-electron chi connectivity index (χ0n) is 16.7. The normalized spacial score (nSPS) is 16.7. The van der Waals surface area contributed by atoms with Crippen molar-refractivity contribution >= 4 is 5.91 Å². The summed E-state index contributed by atoms with van der Waals surface area (Å²) in [5.74, 6) is 1.47. The van der Waals surface area contributed by atoms with Gasteiger partial charge in [-0.3, -0.25) is 4.79 Å². The van der Waals surface area contributed by atoms with Crippen LogP contribution in [0.4, 0.5) is 0 Å². The molecule has 2 aromatic heterocycles.